The van der Waals surface area contributed by atoms with Gasteiger partial charge in [0.25, 0.3) is 0 Å². The number of benzene rings is 2. The Bertz CT molecular complexity index is 830. The van der Waals surface area contributed by atoms with E-state index in [0.29, 0.717) is 11.3 Å². The van der Waals surface area contributed by atoms with Crippen molar-refractivity contribution in [2.45, 2.75) is 13.0 Å². The molecule has 0 unspecified atom stereocenters. The van der Waals surface area contributed by atoms with Gasteiger partial charge in [0.1, 0.15) is 17.2 Å². The van der Waals surface area contributed by atoms with E-state index in [-0.39, 0.29) is 5.70 Å². The van der Waals surface area contributed by atoms with Crippen molar-refractivity contribution >= 4 is 12.0 Å². The number of ether oxygens (including phenoxy) is 2. The van der Waals surface area contributed by atoms with Crippen molar-refractivity contribution in [3.63, 3.8) is 0 Å². The fourth-order valence-electron chi connectivity index (χ4n) is 2.66. The van der Waals surface area contributed by atoms with E-state index in [2.05, 4.69) is 10.6 Å². The van der Waals surface area contributed by atoms with Crippen molar-refractivity contribution in [1.29, 1.82) is 0 Å². The van der Waals surface area contributed by atoms with Crippen LogP contribution in [0.15, 0.2) is 65.9 Å². The summed E-state index contributed by atoms with van der Waals surface area (Å²) < 4.78 is 10.6. The molecule has 1 aliphatic rings. The van der Waals surface area contributed by atoms with Gasteiger partial charge in [-0.1, -0.05) is 30.3 Å². The first kappa shape index (κ1) is 16.6. The van der Waals surface area contributed by atoms with Crippen molar-refractivity contribution in [1.82, 2.24) is 10.6 Å². The lowest BCUT2D eigenvalue weighted by molar-refractivity contribution is -0.136. The minimum Gasteiger partial charge on any atom is -0.464 e. The zero-order valence-corrected chi connectivity index (χ0v) is 13.9. The van der Waals surface area contributed by atoms with Gasteiger partial charge in [-0.05, 0) is 42.3 Å². The maximum absolute atomic E-state index is 11.9. The van der Waals surface area contributed by atoms with Gasteiger partial charge in [0.05, 0.1) is 13.2 Å². The van der Waals surface area contributed by atoms with E-state index in [4.69, 9.17) is 9.47 Å². The molecule has 2 amide bonds. The topological polar surface area (TPSA) is 76.7 Å². The van der Waals surface area contributed by atoms with Crippen LogP contribution in [0.3, 0.4) is 0 Å². The molecule has 6 nitrogen and oxygen atoms in total. The molecule has 6 heteroatoms. The fourth-order valence-corrected chi connectivity index (χ4v) is 2.66. The molecule has 1 heterocycles. The lowest BCUT2D eigenvalue weighted by Gasteiger charge is -2.27. The number of carbonyl (C=O) groups is 2. The van der Waals surface area contributed by atoms with E-state index >= 15 is 0 Å². The molecule has 0 saturated heterocycles. The molecular weight excluding hydrogens is 320 g/mol. The summed E-state index contributed by atoms with van der Waals surface area (Å²) in [6.07, 6.45) is 0. The number of nitrogens with one attached hydrogen (secondary N) is 2. The quantitative estimate of drug-likeness (QED) is 0.839. The molecule has 0 fully saturated rings. The van der Waals surface area contributed by atoms with Gasteiger partial charge >= 0.3 is 12.0 Å². The van der Waals surface area contributed by atoms with E-state index in [1.165, 1.54) is 7.11 Å². The minimum atomic E-state index is -0.575. The highest BCUT2D eigenvalue weighted by Gasteiger charge is 2.29. The van der Waals surface area contributed by atoms with Crippen molar-refractivity contribution in [2.75, 3.05) is 7.11 Å². The van der Waals surface area contributed by atoms with Crippen molar-refractivity contribution in [3.8, 4) is 11.5 Å². The molecule has 0 radical (unpaired) electrons. The SMILES string of the molecule is COC(=O)C1=C(C)[C@H](c2cccc(Oc3ccccc3)c2)NC(=O)N1. The molecule has 1 atom stereocenters. The number of hydrogen-bond donors (Lipinski definition) is 2. The van der Waals surface area contributed by atoms with Crippen LogP contribution in [-0.2, 0) is 9.53 Å². The van der Waals surface area contributed by atoms with Crippen LogP contribution >= 0.6 is 0 Å². The fraction of sp³-hybridized carbons (Fsp3) is 0.158. The smallest absolute Gasteiger partial charge is 0.354 e. The maximum atomic E-state index is 11.9. The van der Waals surface area contributed by atoms with E-state index in [0.717, 1.165) is 11.3 Å². The number of hydrogen-bond acceptors (Lipinski definition) is 4. The van der Waals surface area contributed by atoms with Gasteiger partial charge in [-0.15, -0.1) is 0 Å². The third kappa shape index (κ3) is 3.63. The van der Waals surface area contributed by atoms with Crippen molar-refractivity contribution in [2.24, 2.45) is 0 Å². The second-order valence-corrected chi connectivity index (χ2v) is 5.57. The van der Waals surface area contributed by atoms with Crippen LogP contribution in [0, 0.1) is 0 Å². The average Bonchev–Trinajstić information content (AvgIpc) is 2.63. The summed E-state index contributed by atoms with van der Waals surface area (Å²) in [6, 6.07) is 15.9. The van der Waals surface area contributed by atoms with Crippen LogP contribution in [0.1, 0.15) is 18.5 Å². The van der Waals surface area contributed by atoms with Gasteiger partial charge in [-0.25, -0.2) is 9.59 Å². The van der Waals surface area contributed by atoms with E-state index in [9.17, 15) is 9.59 Å². The Labute approximate surface area is 145 Å². The van der Waals surface area contributed by atoms with E-state index < -0.39 is 18.0 Å². The predicted octanol–water partition coefficient (Wildman–Crippen LogP) is 3.28. The normalized spacial score (nSPS) is 16.7. The van der Waals surface area contributed by atoms with Crippen LogP contribution in [0.5, 0.6) is 11.5 Å². The number of carbonyl (C=O) groups excluding carboxylic acids is 2. The zero-order chi connectivity index (χ0) is 17.8. The maximum Gasteiger partial charge on any atom is 0.354 e. The molecule has 1 aliphatic heterocycles. The highest BCUT2D eigenvalue weighted by Crippen LogP contribution is 2.30. The molecule has 0 bridgehead atoms. The second-order valence-electron chi connectivity index (χ2n) is 5.57. The van der Waals surface area contributed by atoms with Gasteiger partial charge in [0.2, 0.25) is 0 Å². The number of urea groups is 1. The van der Waals surface area contributed by atoms with Gasteiger partial charge in [-0.2, -0.15) is 0 Å². The first-order chi connectivity index (χ1) is 12.1. The van der Waals surface area contributed by atoms with Crippen LogP contribution in [-0.4, -0.2) is 19.1 Å². The molecule has 0 saturated carbocycles. The van der Waals surface area contributed by atoms with Gasteiger partial charge < -0.3 is 20.1 Å². The minimum absolute atomic E-state index is 0.158. The zero-order valence-electron chi connectivity index (χ0n) is 13.9. The summed E-state index contributed by atoms with van der Waals surface area (Å²) in [5.74, 6) is 0.787. The second kappa shape index (κ2) is 7.09. The Morgan fingerprint density at radius 3 is 2.48 bits per heavy atom. The third-order valence-electron chi connectivity index (χ3n) is 3.90. The number of para-hydroxylation sites is 1. The van der Waals surface area contributed by atoms with Crippen molar-refractivity contribution in [3.05, 3.63) is 71.4 Å². The van der Waals surface area contributed by atoms with E-state index in [1.54, 1.807) is 6.92 Å². The first-order valence-corrected chi connectivity index (χ1v) is 7.78. The van der Waals surface area contributed by atoms with Crippen LogP contribution < -0.4 is 15.4 Å². The highest BCUT2D eigenvalue weighted by molar-refractivity contribution is 5.96. The molecule has 0 aliphatic carbocycles. The van der Waals surface area contributed by atoms with Crippen LogP contribution in [0.4, 0.5) is 4.79 Å². The Morgan fingerprint density at radius 2 is 1.76 bits per heavy atom. The monoisotopic (exact) mass is 338 g/mol. The standard InChI is InChI=1S/C19H18N2O4/c1-12-16(20-19(23)21-17(12)18(22)24-2)13-7-6-10-15(11-13)25-14-8-4-3-5-9-14/h3-11,16H,1-2H3,(H2,20,21,23)/t16-/m1/s1. The molecule has 0 aromatic heterocycles. The number of rotatable bonds is 4. The number of esters is 1. The lowest BCUT2D eigenvalue weighted by Crippen LogP contribution is -2.45. The summed E-state index contributed by atoms with van der Waals surface area (Å²) in [6.45, 7) is 1.77. The molecule has 2 aromatic rings. The lowest BCUT2D eigenvalue weighted by atomic mass is 9.96. The molecule has 3 rings (SSSR count). The Balaban J connectivity index is 1.91. The molecule has 0 spiro atoms. The highest BCUT2D eigenvalue weighted by atomic mass is 16.5. The predicted molar refractivity (Wildman–Crippen MR) is 92.1 cm³/mol. The summed E-state index contributed by atoms with van der Waals surface area (Å²) >= 11 is 0. The average molecular weight is 338 g/mol. The van der Waals surface area contributed by atoms with Gasteiger partial charge in [-0.3, -0.25) is 0 Å². The summed E-state index contributed by atoms with van der Waals surface area (Å²) in [4.78, 5) is 23.8. The van der Waals surface area contributed by atoms with Crippen molar-refractivity contribution < 1.29 is 19.1 Å². The summed E-state index contributed by atoms with van der Waals surface area (Å²) in [5.41, 5.74) is 1.64. The number of methoxy groups -OCH3 is 1. The van der Waals surface area contributed by atoms with Crippen LogP contribution in [0.2, 0.25) is 0 Å². The molecule has 2 aromatic carbocycles. The first-order valence-electron chi connectivity index (χ1n) is 7.78. The molecule has 128 valence electrons. The van der Waals surface area contributed by atoms with E-state index in [1.807, 2.05) is 54.6 Å². The Morgan fingerprint density at radius 1 is 1.04 bits per heavy atom. The largest absolute Gasteiger partial charge is 0.464 e. The number of amides is 2. The van der Waals surface area contributed by atoms with Gasteiger partial charge in [0, 0.05) is 0 Å². The summed E-state index contributed by atoms with van der Waals surface area (Å²) in [7, 11) is 1.28. The van der Waals surface area contributed by atoms with Crippen LogP contribution in [0.25, 0.3) is 0 Å². The van der Waals surface area contributed by atoms with Gasteiger partial charge in [0.15, 0.2) is 0 Å². The Kier molecular flexibility index (Phi) is 4.70. The molecule has 2 N–H and O–H groups in total. The third-order valence-corrected chi connectivity index (χ3v) is 3.90. The Hall–Kier alpha value is -3.28. The summed E-state index contributed by atoms with van der Waals surface area (Å²) in [5, 5.41) is 5.31. The molecular formula is C19H18N2O4. The molecule has 25 heavy (non-hydrogen) atoms.